The third-order valence-corrected chi connectivity index (χ3v) is 5.62. The molecule has 0 saturated carbocycles. The lowest BCUT2D eigenvalue weighted by atomic mass is 10.1. The Morgan fingerprint density at radius 1 is 1.33 bits per heavy atom. The van der Waals surface area contributed by atoms with Crippen molar-refractivity contribution in [3.8, 4) is 5.88 Å². The number of piperazine rings is 1. The van der Waals surface area contributed by atoms with E-state index in [1.807, 2.05) is 0 Å². The Morgan fingerprint density at radius 2 is 2.11 bits per heavy atom. The Kier molecular flexibility index (Phi) is 7.12. The van der Waals surface area contributed by atoms with Gasteiger partial charge < -0.3 is 24.8 Å². The van der Waals surface area contributed by atoms with E-state index in [1.165, 1.54) is 13.0 Å². The van der Waals surface area contributed by atoms with Gasteiger partial charge in [-0.05, 0) is 48.8 Å². The number of rotatable bonds is 5. The lowest BCUT2D eigenvalue weighted by molar-refractivity contribution is 0.363. The van der Waals surface area contributed by atoms with Crippen molar-refractivity contribution in [3.63, 3.8) is 0 Å². The highest BCUT2D eigenvalue weighted by Crippen LogP contribution is 2.24. The minimum absolute atomic E-state index is 0.568. The van der Waals surface area contributed by atoms with Crippen molar-refractivity contribution in [2.75, 3.05) is 71.4 Å². The molecule has 27 heavy (non-hydrogen) atoms. The molecule has 2 fully saturated rings. The number of aliphatic imine (C=N–C) groups is 1. The van der Waals surface area contributed by atoms with Crippen molar-refractivity contribution in [1.29, 1.82) is 0 Å². The summed E-state index contributed by atoms with van der Waals surface area (Å²) in [5.74, 6) is 2.99. The Labute approximate surface area is 170 Å². The fourth-order valence-electron chi connectivity index (χ4n) is 3.57. The predicted molar refractivity (Wildman–Crippen MR) is 112 cm³/mol. The maximum absolute atomic E-state index is 5.29. The number of hydrogen-bond acceptors (Lipinski definition) is 6. The first-order chi connectivity index (χ1) is 13.1. The van der Waals surface area contributed by atoms with E-state index in [4.69, 9.17) is 9.73 Å². The molecule has 2 aliphatic rings. The van der Waals surface area contributed by atoms with Crippen molar-refractivity contribution in [2.24, 2.45) is 10.9 Å². The van der Waals surface area contributed by atoms with Gasteiger partial charge in [-0.25, -0.2) is 4.98 Å². The SMILES string of the molecule is CCNC(=NCC1CCN(C)C1)N1CCN(c2ncc(Br)c(OC)n2)CC1. The van der Waals surface area contributed by atoms with Crippen LogP contribution in [0.4, 0.5) is 5.95 Å². The Bertz CT molecular complexity index is 649. The molecule has 0 amide bonds. The molecule has 0 aliphatic carbocycles. The van der Waals surface area contributed by atoms with Gasteiger partial charge in [0.1, 0.15) is 0 Å². The molecule has 150 valence electrons. The van der Waals surface area contributed by atoms with Crippen LogP contribution in [-0.4, -0.2) is 92.2 Å². The van der Waals surface area contributed by atoms with Crippen molar-refractivity contribution in [2.45, 2.75) is 13.3 Å². The van der Waals surface area contributed by atoms with Crippen molar-refractivity contribution >= 4 is 27.8 Å². The number of nitrogens with one attached hydrogen (secondary N) is 1. The predicted octanol–water partition coefficient (Wildman–Crippen LogP) is 1.29. The van der Waals surface area contributed by atoms with Gasteiger partial charge in [-0.2, -0.15) is 4.98 Å². The van der Waals surface area contributed by atoms with Crippen LogP contribution in [0.2, 0.25) is 0 Å². The van der Waals surface area contributed by atoms with Crippen LogP contribution in [-0.2, 0) is 0 Å². The van der Waals surface area contributed by atoms with E-state index in [1.54, 1.807) is 13.3 Å². The fourth-order valence-corrected chi connectivity index (χ4v) is 3.93. The molecule has 3 rings (SSSR count). The average Bonchev–Trinajstić information content (AvgIpc) is 3.11. The number of nitrogens with zero attached hydrogens (tertiary/aromatic N) is 6. The summed E-state index contributed by atoms with van der Waals surface area (Å²) >= 11 is 3.41. The molecule has 0 bridgehead atoms. The first-order valence-electron chi connectivity index (χ1n) is 9.64. The van der Waals surface area contributed by atoms with Crippen LogP contribution in [0.3, 0.4) is 0 Å². The van der Waals surface area contributed by atoms with Gasteiger partial charge >= 0.3 is 0 Å². The highest BCUT2D eigenvalue weighted by atomic mass is 79.9. The summed E-state index contributed by atoms with van der Waals surface area (Å²) in [6.07, 6.45) is 2.99. The maximum atomic E-state index is 5.29. The molecule has 2 saturated heterocycles. The quantitative estimate of drug-likeness (QED) is 0.547. The van der Waals surface area contributed by atoms with Crippen LogP contribution in [0.25, 0.3) is 0 Å². The number of anilines is 1. The summed E-state index contributed by atoms with van der Waals surface area (Å²) < 4.78 is 6.06. The number of methoxy groups -OCH3 is 1. The van der Waals surface area contributed by atoms with Gasteiger partial charge in [0, 0.05) is 45.8 Å². The molecule has 1 atom stereocenters. The average molecular weight is 440 g/mol. The number of hydrogen-bond donors (Lipinski definition) is 1. The largest absolute Gasteiger partial charge is 0.480 e. The lowest BCUT2D eigenvalue weighted by Crippen LogP contribution is -2.53. The van der Waals surface area contributed by atoms with Gasteiger partial charge in [0.2, 0.25) is 11.8 Å². The van der Waals surface area contributed by atoms with Crippen molar-refractivity contribution in [1.82, 2.24) is 25.1 Å². The summed E-state index contributed by atoms with van der Waals surface area (Å²) in [7, 11) is 3.81. The molecular formula is C18H30BrN7O. The third-order valence-electron chi connectivity index (χ3n) is 5.08. The second-order valence-electron chi connectivity index (χ2n) is 7.11. The van der Waals surface area contributed by atoms with Crippen LogP contribution in [0.15, 0.2) is 15.7 Å². The zero-order valence-electron chi connectivity index (χ0n) is 16.5. The molecule has 1 aromatic rings. The maximum Gasteiger partial charge on any atom is 0.232 e. The molecule has 3 heterocycles. The molecule has 0 aromatic carbocycles. The molecule has 1 unspecified atom stereocenters. The molecule has 0 spiro atoms. The number of halogens is 1. The van der Waals surface area contributed by atoms with Crippen molar-refractivity contribution in [3.05, 3.63) is 10.7 Å². The summed E-state index contributed by atoms with van der Waals surface area (Å²) in [5.41, 5.74) is 0. The smallest absolute Gasteiger partial charge is 0.232 e. The first kappa shape index (κ1) is 20.1. The van der Waals surface area contributed by atoms with Gasteiger partial charge in [-0.15, -0.1) is 0 Å². The standard InChI is InChI=1S/C18H30BrN7O/c1-4-20-17(21-11-14-5-6-24(2)13-14)25-7-9-26(10-8-25)18-22-12-15(19)16(23-18)27-3/h12,14H,4-11,13H2,1-3H3,(H,20,21). The van der Waals surface area contributed by atoms with Gasteiger partial charge in [0.25, 0.3) is 0 Å². The normalized spacial score (nSPS) is 21.6. The minimum atomic E-state index is 0.568. The molecule has 8 nitrogen and oxygen atoms in total. The zero-order chi connectivity index (χ0) is 19.2. The van der Waals surface area contributed by atoms with Crippen LogP contribution in [0.5, 0.6) is 5.88 Å². The Balaban J connectivity index is 1.58. The van der Waals surface area contributed by atoms with Gasteiger partial charge in [0.05, 0.1) is 17.8 Å². The summed E-state index contributed by atoms with van der Waals surface area (Å²) in [4.78, 5) is 20.8. The van der Waals surface area contributed by atoms with E-state index in [9.17, 15) is 0 Å². The molecule has 1 N–H and O–H groups in total. The van der Waals surface area contributed by atoms with Gasteiger partial charge in [-0.1, -0.05) is 0 Å². The number of likely N-dealkylation sites (tertiary alicyclic amines) is 1. The summed E-state index contributed by atoms with van der Waals surface area (Å²) in [6, 6.07) is 0. The first-order valence-corrected chi connectivity index (χ1v) is 10.4. The third kappa shape index (κ3) is 5.22. The topological polar surface area (TPSA) is 69.1 Å². The monoisotopic (exact) mass is 439 g/mol. The van der Waals surface area contributed by atoms with Crippen LogP contribution in [0, 0.1) is 5.92 Å². The second kappa shape index (κ2) is 9.54. The van der Waals surface area contributed by atoms with Gasteiger partial charge in [0.15, 0.2) is 5.96 Å². The zero-order valence-corrected chi connectivity index (χ0v) is 18.1. The number of aromatic nitrogens is 2. The molecule has 9 heteroatoms. The number of guanidine groups is 1. The van der Waals surface area contributed by atoms with Crippen LogP contribution < -0.4 is 15.0 Å². The lowest BCUT2D eigenvalue weighted by Gasteiger charge is -2.36. The van der Waals surface area contributed by atoms with E-state index in [0.29, 0.717) is 17.7 Å². The van der Waals surface area contributed by atoms with E-state index in [2.05, 4.69) is 59.9 Å². The molecule has 1 aromatic heterocycles. The van der Waals surface area contributed by atoms with E-state index in [-0.39, 0.29) is 0 Å². The second-order valence-corrected chi connectivity index (χ2v) is 7.97. The molecular weight excluding hydrogens is 410 g/mol. The van der Waals surface area contributed by atoms with Crippen LogP contribution >= 0.6 is 15.9 Å². The number of ether oxygens (including phenoxy) is 1. The van der Waals surface area contributed by atoms with E-state index in [0.717, 1.165) is 56.2 Å². The fraction of sp³-hybridized carbons (Fsp3) is 0.722. The van der Waals surface area contributed by atoms with Crippen molar-refractivity contribution < 1.29 is 4.74 Å². The molecule has 0 radical (unpaired) electrons. The highest BCUT2D eigenvalue weighted by molar-refractivity contribution is 9.10. The Hall–Kier alpha value is -1.61. The van der Waals surface area contributed by atoms with E-state index < -0.39 is 0 Å². The summed E-state index contributed by atoms with van der Waals surface area (Å²) in [6.45, 7) is 9.78. The van der Waals surface area contributed by atoms with Crippen LogP contribution in [0.1, 0.15) is 13.3 Å². The Morgan fingerprint density at radius 3 is 2.74 bits per heavy atom. The minimum Gasteiger partial charge on any atom is -0.480 e. The summed E-state index contributed by atoms with van der Waals surface area (Å²) in [5, 5.41) is 3.45. The highest BCUT2D eigenvalue weighted by Gasteiger charge is 2.23. The van der Waals surface area contributed by atoms with E-state index >= 15 is 0 Å². The molecule has 2 aliphatic heterocycles. The van der Waals surface area contributed by atoms with Gasteiger partial charge in [-0.3, -0.25) is 4.99 Å².